The molecule has 0 fully saturated rings. The fraction of sp³-hybridized carbons (Fsp3) is 0.308. The number of aliphatic hydroxyl groups excluding tert-OH is 1. The summed E-state index contributed by atoms with van der Waals surface area (Å²) in [6.07, 6.45) is 3.55. The minimum absolute atomic E-state index is 0.0599. The molecule has 2 rings (SSSR count). The molecule has 1 N–H and O–H groups in total. The van der Waals surface area contributed by atoms with Crippen molar-refractivity contribution in [2.75, 3.05) is 6.61 Å². The van der Waals surface area contributed by atoms with Crippen molar-refractivity contribution in [3.63, 3.8) is 0 Å². The number of hydrogen-bond acceptors (Lipinski definition) is 3. The van der Waals surface area contributed by atoms with E-state index >= 15 is 0 Å². The summed E-state index contributed by atoms with van der Waals surface area (Å²) in [6.45, 7) is 4.63. The van der Waals surface area contributed by atoms with Gasteiger partial charge in [0.15, 0.2) is 5.75 Å². The third kappa shape index (κ3) is 2.47. The molecule has 0 saturated heterocycles. The van der Waals surface area contributed by atoms with E-state index in [1.807, 2.05) is 38.2 Å². The Morgan fingerprint density at radius 1 is 1.41 bits per heavy atom. The number of benzene rings is 1. The first-order valence-corrected chi connectivity index (χ1v) is 5.63. The number of rotatable bonds is 4. The second-order valence-electron chi connectivity index (χ2n) is 3.83. The van der Waals surface area contributed by atoms with E-state index in [9.17, 15) is 0 Å². The summed E-state index contributed by atoms with van der Waals surface area (Å²) in [5.74, 6) is 0.762. The van der Waals surface area contributed by atoms with Gasteiger partial charge in [-0.15, -0.1) is 0 Å². The zero-order valence-electron chi connectivity index (χ0n) is 10.1. The molecule has 0 atom stereocenters. The van der Waals surface area contributed by atoms with Gasteiger partial charge in [-0.3, -0.25) is 0 Å². The summed E-state index contributed by atoms with van der Waals surface area (Å²) < 4.78 is 7.15. The Balaban J connectivity index is 2.32. The van der Waals surface area contributed by atoms with Crippen LogP contribution in [0.5, 0.6) is 5.75 Å². The molecule has 0 radical (unpaired) electrons. The van der Waals surface area contributed by atoms with Crippen LogP contribution in [0.25, 0.3) is 5.69 Å². The molecular formula is C13H16N2O2. The van der Waals surface area contributed by atoms with Crippen molar-refractivity contribution in [1.82, 2.24) is 9.78 Å². The van der Waals surface area contributed by atoms with Crippen LogP contribution in [0.4, 0.5) is 0 Å². The number of hydrogen-bond donors (Lipinski definition) is 1. The van der Waals surface area contributed by atoms with Crippen LogP contribution < -0.4 is 4.74 Å². The van der Waals surface area contributed by atoms with Crippen LogP contribution >= 0.6 is 0 Å². The molecule has 4 heteroatoms. The lowest BCUT2D eigenvalue weighted by molar-refractivity contribution is 0.282. The Morgan fingerprint density at radius 2 is 2.24 bits per heavy atom. The van der Waals surface area contributed by atoms with E-state index in [0.717, 1.165) is 22.6 Å². The maximum Gasteiger partial charge on any atom is 0.157 e. The second kappa shape index (κ2) is 5.01. The number of aromatic nitrogens is 2. The van der Waals surface area contributed by atoms with Crippen molar-refractivity contribution < 1.29 is 9.84 Å². The Kier molecular flexibility index (Phi) is 3.44. The van der Waals surface area contributed by atoms with Crippen molar-refractivity contribution in [2.45, 2.75) is 20.5 Å². The van der Waals surface area contributed by atoms with E-state index in [1.165, 1.54) is 0 Å². The predicted molar refractivity (Wildman–Crippen MR) is 65.4 cm³/mol. The molecular weight excluding hydrogens is 216 g/mol. The first-order valence-electron chi connectivity index (χ1n) is 5.63. The maximum atomic E-state index is 9.06. The topological polar surface area (TPSA) is 47.3 Å². The molecule has 1 aromatic carbocycles. The molecule has 0 unspecified atom stereocenters. The molecule has 4 nitrogen and oxygen atoms in total. The average Bonchev–Trinajstić information content (AvgIpc) is 2.78. The summed E-state index contributed by atoms with van der Waals surface area (Å²) in [7, 11) is 0. The Labute approximate surface area is 100 Å². The average molecular weight is 232 g/mol. The van der Waals surface area contributed by atoms with Crippen LogP contribution in [-0.2, 0) is 6.61 Å². The van der Waals surface area contributed by atoms with Crippen molar-refractivity contribution in [1.29, 1.82) is 0 Å². The van der Waals surface area contributed by atoms with Crippen molar-refractivity contribution in [3.8, 4) is 11.4 Å². The number of aryl methyl sites for hydroxylation is 1. The smallest absolute Gasteiger partial charge is 0.157 e. The standard InChI is InChI=1S/C13H16N2O2/c1-3-17-12-7-14-15(8-12)13-5-4-11(9-16)6-10(13)2/h4-8,16H,3,9H2,1-2H3. The van der Waals surface area contributed by atoms with E-state index in [-0.39, 0.29) is 6.61 Å². The molecule has 0 saturated carbocycles. The van der Waals surface area contributed by atoms with Gasteiger partial charge in [0.25, 0.3) is 0 Å². The third-order valence-corrected chi connectivity index (χ3v) is 2.56. The summed E-state index contributed by atoms with van der Waals surface area (Å²) in [5.41, 5.74) is 2.97. The largest absolute Gasteiger partial charge is 0.491 e. The Bertz CT molecular complexity index is 506. The van der Waals surface area contributed by atoms with Gasteiger partial charge in [-0.25, -0.2) is 4.68 Å². The molecule has 17 heavy (non-hydrogen) atoms. The molecule has 0 aliphatic heterocycles. The van der Waals surface area contributed by atoms with Gasteiger partial charge in [-0.05, 0) is 31.0 Å². The van der Waals surface area contributed by atoms with Crippen LogP contribution in [0.15, 0.2) is 30.6 Å². The van der Waals surface area contributed by atoms with E-state index in [1.54, 1.807) is 10.9 Å². The van der Waals surface area contributed by atoms with Gasteiger partial charge in [0.05, 0.1) is 31.3 Å². The summed E-state index contributed by atoms with van der Waals surface area (Å²) >= 11 is 0. The van der Waals surface area contributed by atoms with Gasteiger partial charge in [0, 0.05) is 0 Å². The van der Waals surface area contributed by atoms with Crippen LogP contribution in [0.1, 0.15) is 18.1 Å². The third-order valence-electron chi connectivity index (χ3n) is 2.56. The van der Waals surface area contributed by atoms with Gasteiger partial charge in [-0.1, -0.05) is 12.1 Å². The minimum atomic E-state index is 0.0599. The summed E-state index contributed by atoms with van der Waals surface area (Å²) in [5, 5.41) is 13.3. The van der Waals surface area contributed by atoms with E-state index < -0.39 is 0 Å². The summed E-state index contributed by atoms with van der Waals surface area (Å²) in [4.78, 5) is 0. The van der Waals surface area contributed by atoms with E-state index in [0.29, 0.717) is 6.61 Å². The van der Waals surface area contributed by atoms with Crippen molar-refractivity contribution in [2.24, 2.45) is 0 Å². The monoisotopic (exact) mass is 232 g/mol. The molecule has 2 aromatic rings. The molecule has 0 aliphatic carbocycles. The lowest BCUT2D eigenvalue weighted by Crippen LogP contribution is -1.98. The van der Waals surface area contributed by atoms with Crippen molar-refractivity contribution >= 4 is 0 Å². The number of ether oxygens (including phenoxy) is 1. The number of aliphatic hydroxyl groups is 1. The highest BCUT2D eigenvalue weighted by Crippen LogP contribution is 2.18. The molecule has 0 aliphatic rings. The van der Waals surface area contributed by atoms with Crippen LogP contribution in [0.3, 0.4) is 0 Å². The lowest BCUT2D eigenvalue weighted by atomic mass is 10.1. The SMILES string of the molecule is CCOc1cnn(-c2ccc(CO)cc2C)c1. The van der Waals surface area contributed by atoms with Crippen LogP contribution in [-0.4, -0.2) is 21.5 Å². The molecule has 0 spiro atoms. The Morgan fingerprint density at radius 3 is 2.88 bits per heavy atom. The molecule has 90 valence electrons. The Hall–Kier alpha value is -1.81. The molecule has 1 aromatic heterocycles. The van der Waals surface area contributed by atoms with E-state index in [2.05, 4.69) is 5.10 Å². The predicted octanol–water partition coefficient (Wildman–Crippen LogP) is 2.07. The first kappa shape index (κ1) is 11.7. The molecule has 1 heterocycles. The van der Waals surface area contributed by atoms with E-state index in [4.69, 9.17) is 9.84 Å². The van der Waals surface area contributed by atoms with Crippen LogP contribution in [0, 0.1) is 6.92 Å². The molecule has 0 bridgehead atoms. The fourth-order valence-electron chi connectivity index (χ4n) is 1.75. The maximum absolute atomic E-state index is 9.06. The quantitative estimate of drug-likeness (QED) is 0.877. The lowest BCUT2D eigenvalue weighted by Gasteiger charge is -2.07. The highest BCUT2D eigenvalue weighted by atomic mass is 16.5. The summed E-state index contributed by atoms with van der Waals surface area (Å²) in [6, 6.07) is 5.80. The van der Waals surface area contributed by atoms with Crippen LogP contribution in [0.2, 0.25) is 0 Å². The van der Waals surface area contributed by atoms with Gasteiger partial charge >= 0.3 is 0 Å². The second-order valence-corrected chi connectivity index (χ2v) is 3.83. The first-order chi connectivity index (χ1) is 8.24. The highest BCUT2D eigenvalue weighted by Gasteiger charge is 2.05. The fourth-order valence-corrected chi connectivity index (χ4v) is 1.75. The van der Waals surface area contributed by atoms with Gasteiger partial charge in [0.2, 0.25) is 0 Å². The minimum Gasteiger partial charge on any atom is -0.491 e. The number of nitrogens with zero attached hydrogens (tertiary/aromatic N) is 2. The normalized spacial score (nSPS) is 10.5. The van der Waals surface area contributed by atoms with Gasteiger partial charge in [-0.2, -0.15) is 5.10 Å². The highest BCUT2D eigenvalue weighted by molar-refractivity contribution is 5.42. The van der Waals surface area contributed by atoms with Crippen molar-refractivity contribution in [3.05, 3.63) is 41.7 Å². The zero-order valence-corrected chi connectivity index (χ0v) is 10.1. The van der Waals surface area contributed by atoms with Gasteiger partial charge in [0.1, 0.15) is 0 Å². The molecule has 0 amide bonds. The van der Waals surface area contributed by atoms with Gasteiger partial charge < -0.3 is 9.84 Å². The zero-order chi connectivity index (χ0) is 12.3.